The SMILES string of the molecule is O=C(Cc1csc(COc2ccccc2)n1)NC1CCCC1. The smallest absolute Gasteiger partial charge is 0.226 e. The molecule has 1 aliphatic rings. The topological polar surface area (TPSA) is 51.2 Å². The Bertz CT molecular complexity index is 606. The summed E-state index contributed by atoms with van der Waals surface area (Å²) in [6, 6.07) is 10.0. The van der Waals surface area contributed by atoms with Crippen molar-refractivity contribution in [2.75, 3.05) is 0 Å². The fourth-order valence-electron chi connectivity index (χ4n) is 2.67. The van der Waals surface area contributed by atoms with Gasteiger partial charge in [0.15, 0.2) is 0 Å². The van der Waals surface area contributed by atoms with Gasteiger partial charge in [0.05, 0.1) is 12.1 Å². The zero-order valence-corrected chi connectivity index (χ0v) is 13.3. The van der Waals surface area contributed by atoms with Crippen LogP contribution in [0.3, 0.4) is 0 Å². The second-order valence-electron chi connectivity index (χ2n) is 5.56. The van der Waals surface area contributed by atoms with Crippen molar-refractivity contribution in [3.05, 3.63) is 46.4 Å². The van der Waals surface area contributed by atoms with Crippen LogP contribution in [0.4, 0.5) is 0 Å². The van der Waals surface area contributed by atoms with Gasteiger partial charge in [-0.1, -0.05) is 31.0 Å². The summed E-state index contributed by atoms with van der Waals surface area (Å²) in [5.74, 6) is 0.908. The minimum Gasteiger partial charge on any atom is -0.486 e. The maximum Gasteiger partial charge on any atom is 0.226 e. The molecule has 3 rings (SSSR count). The molecule has 1 fully saturated rings. The number of para-hydroxylation sites is 1. The molecule has 1 aliphatic carbocycles. The number of amides is 1. The Hall–Kier alpha value is -1.88. The summed E-state index contributed by atoms with van der Waals surface area (Å²) in [5.41, 5.74) is 0.826. The van der Waals surface area contributed by atoms with E-state index in [9.17, 15) is 4.79 Å². The van der Waals surface area contributed by atoms with E-state index in [0.29, 0.717) is 19.1 Å². The lowest BCUT2D eigenvalue weighted by molar-refractivity contribution is -0.121. The highest BCUT2D eigenvalue weighted by Crippen LogP contribution is 2.18. The average molecular weight is 316 g/mol. The normalized spacial score (nSPS) is 14.9. The first-order valence-corrected chi connectivity index (χ1v) is 8.58. The standard InChI is InChI=1S/C17H20N2O2S/c20-16(18-13-6-4-5-7-13)10-14-12-22-17(19-14)11-21-15-8-2-1-3-9-15/h1-3,8-9,12-13H,4-7,10-11H2,(H,18,20). The Morgan fingerprint density at radius 2 is 2.05 bits per heavy atom. The van der Waals surface area contributed by atoms with Crippen molar-refractivity contribution in [2.45, 2.75) is 44.8 Å². The van der Waals surface area contributed by atoms with Crippen molar-refractivity contribution in [3.63, 3.8) is 0 Å². The molecule has 5 heteroatoms. The molecule has 0 atom stereocenters. The van der Waals surface area contributed by atoms with Gasteiger partial charge in [-0.2, -0.15) is 0 Å². The number of benzene rings is 1. The summed E-state index contributed by atoms with van der Waals surface area (Å²) in [7, 11) is 0. The Labute approximate surface area is 134 Å². The number of hydrogen-bond donors (Lipinski definition) is 1. The van der Waals surface area contributed by atoms with Crippen molar-refractivity contribution >= 4 is 17.2 Å². The third-order valence-electron chi connectivity index (χ3n) is 3.77. The van der Waals surface area contributed by atoms with E-state index in [4.69, 9.17) is 4.74 Å². The lowest BCUT2D eigenvalue weighted by Gasteiger charge is -2.10. The van der Waals surface area contributed by atoms with E-state index in [0.717, 1.165) is 29.3 Å². The summed E-state index contributed by atoms with van der Waals surface area (Å²) in [4.78, 5) is 16.5. The Morgan fingerprint density at radius 3 is 2.82 bits per heavy atom. The van der Waals surface area contributed by atoms with Crippen molar-refractivity contribution in [1.29, 1.82) is 0 Å². The van der Waals surface area contributed by atoms with Crippen LogP contribution in [-0.4, -0.2) is 16.9 Å². The Morgan fingerprint density at radius 1 is 1.27 bits per heavy atom. The fraction of sp³-hybridized carbons (Fsp3) is 0.412. The fourth-order valence-corrected chi connectivity index (χ4v) is 3.38. The minimum absolute atomic E-state index is 0.0766. The van der Waals surface area contributed by atoms with Crippen LogP contribution in [0.5, 0.6) is 5.75 Å². The van der Waals surface area contributed by atoms with Gasteiger partial charge in [0.25, 0.3) is 0 Å². The minimum atomic E-state index is 0.0766. The molecule has 1 aromatic heterocycles. The van der Waals surface area contributed by atoms with Crippen LogP contribution in [0.1, 0.15) is 36.4 Å². The van der Waals surface area contributed by atoms with Gasteiger partial charge >= 0.3 is 0 Å². The molecule has 1 aromatic carbocycles. The number of nitrogens with zero attached hydrogens (tertiary/aromatic N) is 1. The van der Waals surface area contributed by atoms with Gasteiger partial charge < -0.3 is 10.1 Å². The monoisotopic (exact) mass is 316 g/mol. The average Bonchev–Trinajstić information content (AvgIpc) is 3.18. The number of carbonyl (C=O) groups excluding carboxylic acids is 1. The van der Waals surface area contributed by atoms with E-state index in [1.54, 1.807) is 0 Å². The largest absolute Gasteiger partial charge is 0.486 e. The number of rotatable bonds is 6. The maximum absolute atomic E-state index is 12.0. The second-order valence-corrected chi connectivity index (χ2v) is 6.50. The number of carbonyl (C=O) groups is 1. The van der Waals surface area contributed by atoms with Gasteiger partial charge in [-0.25, -0.2) is 4.98 Å². The lowest BCUT2D eigenvalue weighted by atomic mass is 10.2. The Balaban J connectivity index is 1.47. The van der Waals surface area contributed by atoms with Gasteiger partial charge in [-0.3, -0.25) is 4.79 Å². The predicted octanol–water partition coefficient (Wildman–Crippen LogP) is 3.32. The molecule has 0 bridgehead atoms. The van der Waals surface area contributed by atoms with Gasteiger partial charge in [0.2, 0.25) is 5.91 Å². The van der Waals surface area contributed by atoms with Gasteiger partial charge in [-0.15, -0.1) is 11.3 Å². The molecule has 22 heavy (non-hydrogen) atoms. The van der Waals surface area contributed by atoms with Crippen LogP contribution in [-0.2, 0) is 17.8 Å². The molecule has 1 amide bonds. The molecule has 1 heterocycles. The van der Waals surface area contributed by atoms with E-state index < -0.39 is 0 Å². The second kappa shape index (κ2) is 7.40. The first-order valence-electron chi connectivity index (χ1n) is 7.70. The zero-order chi connectivity index (χ0) is 15.2. The van der Waals surface area contributed by atoms with Crippen molar-refractivity contribution < 1.29 is 9.53 Å². The van der Waals surface area contributed by atoms with Crippen molar-refractivity contribution in [2.24, 2.45) is 0 Å². The molecule has 0 spiro atoms. The summed E-state index contributed by atoms with van der Waals surface area (Å²) in [5, 5.41) is 5.93. The molecule has 0 radical (unpaired) electrons. The molecule has 0 unspecified atom stereocenters. The van der Waals surface area contributed by atoms with Crippen LogP contribution in [0.25, 0.3) is 0 Å². The highest BCUT2D eigenvalue weighted by Gasteiger charge is 2.17. The highest BCUT2D eigenvalue weighted by molar-refractivity contribution is 7.09. The third-order valence-corrected chi connectivity index (χ3v) is 4.64. The van der Waals surface area contributed by atoms with Crippen LogP contribution >= 0.6 is 11.3 Å². The molecule has 2 aromatic rings. The van der Waals surface area contributed by atoms with Crippen LogP contribution < -0.4 is 10.1 Å². The molecule has 1 N–H and O–H groups in total. The molecule has 116 valence electrons. The lowest BCUT2D eigenvalue weighted by Crippen LogP contribution is -2.33. The molecular formula is C17H20N2O2S. The highest BCUT2D eigenvalue weighted by atomic mass is 32.1. The van der Waals surface area contributed by atoms with Gasteiger partial charge in [0.1, 0.15) is 17.4 Å². The molecule has 1 saturated carbocycles. The van der Waals surface area contributed by atoms with E-state index in [1.165, 1.54) is 24.2 Å². The number of ether oxygens (including phenoxy) is 1. The van der Waals surface area contributed by atoms with E-state index >= 15 is 0 Å². The Kier molecular flexibility index (Phi) is 5.06. The van der Waals surface area contributed by atoms with E-state index in [2.05, 4.69) is 10.3 Å². The first kappa shape index (κ1) is 15.0. The molecule has 4 nitrogen and oxygen atoms in total. The van der Waals surface area contributed by atoms with E-state index in [1.807, 2.05) is 35.7 Å². The van der Waals surface area contributed by atoms with Crippen LogP contribution in [0.15, 0.2) is 35.7 Å². The quantitative estimate of drug-likeness (QED) is 0.889. The molecule has 0 saturated heterocycles. The van der Waals surface area contributed by atoms with Crippen molar-refractivity contribution in [1.82, 2.24) is 10.3 Å². The number of hydrogen-bond acceptors (Lipinski definition) is 4. The van der Waals surface area contributed by atoms with Gasteiger partial charge in [0, 0.05) is 11.4 Å². The summed E-state index contributed by atoms with van der Waals surface area (Å²) >= 11 is 1.54. The van der Waals surface area contributed by atoms with E-state index in [-0.39, 0.29) is 5.91 Å². The zero-order valence-electron chi connectivity index (χ0n) is 12.5. The van der Waals surface area contributed by atoms with Gasteiger partial charge in [-0.05, 0) is 25.0 Å². The summed E-state index contributed by atoms with van der Waals surface area (Å²) in [6.45, 7) is 0.443. The molecular weight excluding hydrogens is 296 g/mol. The number of nitrogens with one attached hydrogen (secondary N) is 1. The number of thiazole rings is 1. The van der Waals surface area contributed by atoms with Crippen LogP contribution in [0, 0.1) is 0 Å². The predicted molar refractivity (Wildman–Crippen MR) is 87.0 cm³/mol. The summed E-state index contributed by atoms with van der Waals surface area (Å²) in [6.07, 6.45) is 5.03. The maximum atomic E-state index is 12.0. The van der Waals surface area contributed by atoms with Crippen molar-refractivity contribution in [3.8, 4) is 5.75 Å². The third kappa shape index (κ3) is 4.31. The first-order chi connectivity index (χ1) is 10.8. The molecule has 0 aliphatic heterocycles. The summed E-state index contributed by atoms with van der Waals surface area (Å²) < 4.78 is 5.67. The van der Waals surface area contributed by atoms with Crippen LogP contribution in [0.2, 0.25) is 0 Å². The number of aromatic nitrogens is 1.